The number of nitrogens with one attached hydrogen (secondary N) is 2. The second kappa shape index (κ2) is 15.9. The van der Waals surface area contributed by atoms with E-state index in [1.165, 1.54) is 56.4 Å². The van der Waals surface area contributed by atoms with E-state index in [4.69, 9.17) is 4.99 Å². The summed E-state index contributed by atoms with van der Waals surface area (Å²) in [5.74, 6) is 0.923. The van der Waals surface area contributed by atoms with Crippen LogP contribution in [0.4, 0.5) is 0 Å². The molecule has 1 aliphatic heterocycles. The van der Waals surface area contributed by atoms with Crippen LogP contribution in [0.25, 0.3) is 0 Å². The molecule has 0 aliphatic carbocycles. The fourth-order valence-corrected chi connectivity index (χ4v) is 3.67. The van der Waals surface area contributed by atoms with Crippen molar-refractivity contribution in [2.75, 3.05) is 45.8 Å². The van der Waals surface area contributed by atoms with Gasteiger partial charge >= 0.3 is 0 Å². The summed E-state index contributed by atoms with van der Waals surface area (Å²) in [4.78, 5) is 9.78. The van der Waals surface area contributed by atoms with Crippen LogP contribution in [-0.4, -0.2) is 61.6 Å². The van der Waals surface area contributed by atoms with Crippen molar-refractivity contribution in [2.24, 2.45) is 4.99 Å². The Kier molecular flexibility index (Phi) is 14.4. The molecular weight excluding hydrogens is 473 g/mol. The van der Waals surface area contributed by atoms with Gasteiger partial charge in [-0.15, -0.1) is 24.0 Å². The highest BCUT2D eigenvalue weighted by Crippen LogP contribution is 2.13. The van der Waals surface area contributed by atoms with Crippen molar-refractivity contribution in [3.8, 4) is 0 Å². The molecule has 0 bridgehead atoms. The molecule has 1 aromatic carbocycles. The molecule has 2 rings (SSSR count). The van der Waals surface area contributed by atoms with Gasteiger partial charge in [0.1, 0.15) is 0 Å². The van der Waals surface area contributed by atoms with Gasteiger partial charge in [0.15, 0.2) is 5.96 Å². The Morgan fingerprint density at radius 1 is 0.966 bits per heavy atom. The zero-order valence-corrected chi connectivity index (χ0v) is 21.1. The summed E-state index contributed by atoms with van der Waals surface area (Å²) in [6.07, 6.45) is 5.10. The maximum atomic E-state index is 4.76. The van der Waals surface area contributed by atoms with Gasteiger partial charge in [0, 0.05) is 19.6 Å². The topological polar surface area (TPSA) is 42.9 Å². The minimum absolute atomic E-state index is 0. The number of benzene rings is 1. The maximum absolute atomic E-state index is 4.76. The first kappa shape index (κ1) is 26.2. The molecule has 0 amide bonds. The molecule has 1 aromatic rings. The third-order valence-corrected chi connectivity index (χ3v) is 5.48. The van der Waals surface area contributed by atoms with Crippen LogP contribution in [-0.2, 0) is 13.1 Å². The highest BCUT2D eigenvalue weighted by atomic mass is 127. The molecule has 0 radical (unpaired) electrons. The van der Waals surface area contributed by atoms with E-state index >= 15 is 0 Å². The third-order valence-electron chi connectivity index (χ3n) is 5.48. The van der Waals surface area contributed by atoms with Crippen LogP contribution in [0.1, 0.15) is 57.6 Å². The molecule has 0 atom stereocenters. The van der Waals surface area contributed by atoms with Crippen LogP contribution in [0.5, 0.6) is 0 Å². The molecular formula is C23H42IN5. The highest BCUT2D eigenvalue weighted by Gasteiger charge is 2.11. The maximum Gasteiger partial charge on any atom is 0.191 e. The van der Waals surface area contributed by atoms with Crippen molar-refractivity contribution in [3.05, 3.63) is 35.4 Å². The summed E-state index contributed by atoms with van der Waals surface area (Å²) in [5.41, 5.74) is 2.68. The first-order valence-corrected chi connectivity index (χ1v) is 11.3. The number of aliphatic imine (C=N–C) groups is 1. The Balaban J connectivity index is 0.00000420. The largest absolute Gasteiger partial charge is 0.357 e. The number of nitrogens with zero attached hydrogens (tertiary/aromatic N) is 3. The number of hydrogen-bond acceptors (Lipinski definition) is 3. The third kappa shape index (κ3) is 10.6. The standard InChI is InChI=1S/C23H41N5.HI/c1-4-24-23(25-15-7-8-16-27(5-2)6-3)26-19-21-11-13-22(14-12-21)20-28-17-9-10-18-28;/h11-14H,4-10,15-20H2,1-3H3,(H2,24,25,26);1H. The predicted molar refractivity (Wildman–Crippen MR) is 136 cm³/mol. The summed E-state index contributed by atoms with van der Waals surface area (Å²) in [7, 11) is 0. The molecule has 0 spiro atoms. The lowest BCUT2D eigenvalue weighted by Gasteiger charge is -2.18. The second-order valence-electron chi connectivity index (χ2n) is 7.66. The highest BCUT2D eigenvalue weighted by molar-refractivity contribution is 14.0. The lowest BCUT2D eigenvalue weighted by atomic mass is 10.1. The van der Waals surface area contributed by atoms with Crippen molar-refractivity contribution in [2.45, 2.75) is 59.5 Å². The predicted octanol–water partition coefficient (Wildman–Crippen LogP) is 4.08. The van der Waals surface area contributed by atoms with Crippen molar-refractivity contribution in [1.29, 1.82) is 0 Å². The lowest BCUT2D eigenvalue weighted by Crippen LogP contribution is -2.38. The van der Waals surface area contributed by atoms with Gasteiger partial charge in [-0.2, -0.15) is 0 Å². The van der Waals surface area contributed by atoms with Gasteiger partial charge in [0.05, 0.1) is 6.54 Å². The first-order valence-electron chi connectivity index (χ1n) is 11.3. The SMILES string of the molecule is CCNC(=NCc1ccc(CN2CCCC2)cc1)NCCCCN(CC)CC.I. The van der Waals surface area contributed by atoms with Gasteiger partial charge in [-0.25, -0.2) is 4.99 Å². The van der Waals surface area contributed by atoms with Crippen molar-refractivity contribution in [1.82, 2.24) is 20.4 Å². The van der Waals surface area contributed by atoms with Gasteiger partial charge in [-0.1, -0.05) is 38.1 Å². The van der Waals surface area contributed by atoms with E-state index < -0.39 is 0 Å². The Morgan fingerprint density at radius 3 is 2.24 bits per heavy atom. The summed E-state index contributed by atoms with van der Waals surface area (Å²) in [6, 6.07) is 8.97. The van der Waals surface area contributed by atoms with Gasteiger partial charge < -0.3 is 15.5 Å². The molecule has 1 aliphatic rings. The molecule has 29 heavy (non-hydrogen) atoms. The quantitative estimate of drug-likeness (QED) is 0.191. The minimum atomic E-state index is 0. The van der Waals surface area contributed by atoms with E-state index in [0.29, 0.717) is 0 Å². The summed E-state index contributed by atoms with van der Waals surface area (Å²) in [5, 5.41) is 6.83. The number of halogens is 1. The molecule has 0 aromatic heterocycles. The monoisotopic (exact) mass is 515 g/mol. The summed E-state index contributed by atoms with van der Waals surface area (Å²) in [6.45, 7) is 16.2. The molecule has 6 heteroatoms. The second-order valence-corrected chi connectivity index (χ2v) is 7.66. The van der Waals surface area contributed by atoms with E-state index in [9.17, 15) is 0 Å². The van der Waals surface area contributed by atoms with Crippen molar-refractivity contribution >= 4 is 29.9 Å². The normalized spacial score (nSPS) is 14.8. The lowest BCUT2D eigenvalue weighted by molar-refractivity contribution is 0.297. The average molecular weight is 516 g/mol. The van der Waals surface area contributed by atoms with Crippen LogP contribution in [0.3, 0.4) is 0 Å². The van der Waals surface area contributed by atoms with Crippen molar-refractivity contribution < 1.29 is 0 Å². The molecule has 1 fully saturated rings. The fraction of sp³-hybridized carbons (Fsp3) is 0.696. The van der Waals surface area contributed by atoms with E-state index in [0.717, 1.165) is 45.2 Å². The Bertz CT molecular complexity index is 551. The minimum Gasteiger partial charge on any atom is -0.357 e. The Hall–Kier alpha value is -0.860. The molecule has 1 heterocycles. The zero-order valence-electron chi connectivity index (χ0n) is 18.8. The van der Waals surface area contributed by atoms with Crippen LogP contribution >= 0.6 is 24.0 Å². The summed E-state index contributed by atoms with van der Waals surface area (Å²) < 4.78 is 0. The smallest absolute Gasteiger partial charge is 0.191 e. The van der Waals surface area contributed by atoms with Crippen molar-refractivity contribution in [3.63, 3.8) is 0 Å². The van der Waals surface area contributed by atoms with Crippen LogP contribution in [0.2, 0.25) is 0 Å². The molecule has 0 saturated carbocycles. The molecule has 2 N–H and O–H groups in total. The van der Waals surface area contributed by atoms with E-state index in [2.05, 4.69) is 65.5 Å². The van der Waals surface area contributed by atoms with Gasteiger partial charge in [-0.05, 0) is 76.5 Å². The van der Waals surface area contributed by atoms with Crippen LogP contribution < -0.4 is 10.6 Å². The Labute approximate surface area is 195 Å². The first-order chi connectivity index (χ1) is 13.7. The number of unbranched alkanes of at least 4 members (excludes halogenated alkanes) is 1. The zero-order chi connectivity index (χ0) is 20.0. The van der Waals surface area contributed by atoms with E-state index in [-0.39, 0.29) is 24.0 Å². The van der Waals surface area contributed by atoms with Gasteiger partial charge in [-0.3, -0.25) is 4.90 Å². The number of hydrogen-bond donors (Lipinski definition) is 2. The molecule has 0 unspecified atom stereocenters. The molecule has 166 valence electrons. The van der Waals surface area contributed by atoms with E-state index in [1.807, 2.05) is 0 Å². The van der Waals surface area contributed by atoms with E-state index in [1.54, 1.807) is 0 Å². The number of likely N-dealkylation sites (tertiary alicyclic amines) is 1. The Morgan fingerprint density at radius 2 is 1.62 bits per heavy atom. The number of guanidine groups is 1. The fourth-order valence-electron chi connectivity index (χ4n) is 3.67. The molecule has 1 saturated heterocycles. The van der Waals surface area contributed by atoms with Gasteiger partial charge in [0.25, 0.3) is 0 Å². The number of rotatable bonds is 12. The van der Waals surface area contributed by atoms with Gasteiger partial charge in [0.2, 0.25) is 0 Å². The summed E-state index contributed by atoms with van der Waals surface area (Å²) >= 11 is 0. The van der Waals surface area contributed by atoms with Crippen LogP contribution in [0.15, 0.2) is 29.3 Å². The van der Waals surface area contributed by atoms with Crippen LogP contribution in [0, 0.1) is 0 Å². The molecule has 5 nitrogen and oxygen atoms in total. The average Bonchev–Trinajstić information content (AvgIpc) is 3.23.